The lowest BCUT2D eigenvalue weighted by Gasteiger charge is -2.30. The monoisotopic (exact) mass is 304 g/mol. The zero-order valence-corrected chi connectivity index (χ0v) is 14.2. The zero-order chi connectivity index (χ0) is 15.1. The molecule has 1 aliphatic rings. The van der Waals surface area contributed by atoms with E-state index in [2.05, 4.69) is 48.3 Å². The number of hydrogen-bond acceptors (Lipinski definition) is 1. The molecule has 0 bridgehead atoms. The molecule has 116 valence electrons. The number of thiocarbonyl (C=S) groups is 1. The zero-order valence-electron chi connectivity index (χ0n) is 13.4. The lowest BCUT2D eigenvalue weighted by Crippen LogP contribution is -2.40. The number of aryl methyl sites for hydroxylation is 1. The number of nitrogens with zero attached hydrogens (tertiary/aromatic N) is 1. The maximum absolute atomic E-state index is 5.61. The van der Waals surface area contributed by atoms with Gasteiger partial charge in [-0.2, -0.15) is 0 Å². The average Bonchev–Trinajstić information content (AvgIpc) is 2.71. The third kappa shape index (κ3) is 4.99. The normalized spacial score (nSPS) is 19.1. The predicted molar refractivity (Wildman–Crippen MR) is 95.9 cm³/mol. The Hall–Kier alpha value is -1.09. The first-order valence-electron chi connectivity index (χ1n) is 8.37. The Kier molecular flexibility index (Phi) is 6.50. The minimum atomic E-state index is 0.552. The predicted octanol–water partition coefficient (Wildman–Crippen LogP) is 4.99. The van der Waals surface area contributed by atoms with Gasteiger partial charge in [0.2, 0.25) is 0 Å². The fraction of sp³-hybridized carbons (Fsp3) is 0.611. The lowest BCUT2D eigenvalue weighted by atomic mass is 10.1. The maximum Gasteiger partial charge on any atom is 0.173 e. The highest BCUT2D eigenvalue weighted by Crippen LogP contribution is 2.18. The van der Waals surface area contributed by atoms with E-state index in [4.69, 9.17) is 12.2 Å². The molecule has 1 fully saturated rings. The van der Waals surface area contributed by atoms with Crippen molar-refractivity contribution in [2.45, 2.75) is 64.8 Å². The Morgan fingerprint density at radius 3 is 2.71 bits per heavy atom. The van der Waals surface area contributed by atoms with Gasteiger partial charge in [0.15, 0.2) is 5.11 Å². The SMILES string of the molecule is CCCCc1ccc(NC(=S)N2CCCCCC2C)cc1. The number of benzene rings is 1. The molecule has 0 amide bonds. The van der Waals surface area contributed by atoms with E-state index in [1.165, 1.54) is 50.5 Å². The van der Waals surface area contributed by atoms with Crippen molar-refractivity contribution in [1.82, 2.24) is 4.90 Å². The van der Waals surface area contributed by atoms with Gasteiger partial charge in [0.25, 0.3) is 0 Å². The Morgan fingerprint density at radius 2 is 2.00 bits per heavy atom. The highest BCUT2D eigenvalue weighted by Gasteiger charge is 2.19. The molecule has 0 aliphatic carbocycles. The first-order chi connectivity index (χ1) is 10.2. The number of hydrogen-bond donors (Lipinski definition) is 1. The van der Waals surface area contributed by atoms with E-state index in [1.54, 1.807) is 0 Å². The van der Waals surface area contributed by atoms with Crippen LogP contribution < -0.4 is 5.32 Å². The van der Waals surface area contributed by atoms with Crippen molar-refractivity contribution in [3.05, 3.63) is 29.8 Å². The van der Waals surface area contributed by atoms with Crippen LogP contribution in [0.15, 0.2) is 24.3 Å². The molecule has 0 spiro atoms. The van der Waals surface area contributed by atoms with Gasteiger partial charge >= 0.3 is 0 Å². The van der Waals surface area contributed by atoms with Gasteiger partial charge < -0.3 is 10.2 Å². The van der Waals surface area contributed by atoms with Crippen molar-refractivity contribution in [3.8, 4) is 0 Å². The van der Waals surface area contributed by atoms with Gasteiger partial charge in [-0.3, -0.25) is 0 Å². The van der Waals surface area contributed by atoms with Crippen LogP contribution in [0.4, 0.5) is 5.69 Å². The van der Waals surface area contributed by atoms with E-state index in [1.807, 2.05) is 0 Å². The van der Waals surface area contributed by atoms with Crippen LogP contribution in [0.25, 0.3) is 0 Å². The molecule has 3 heteroatoms. The average molecular weight is 305 g/mol. The maximum atomic E-state index is 5.61. The topological polar surface area (TPSA) is 15.3 Å². The van der Waals surface area contributed by atoms with Crippen molar-refractivity contribution in [1.29, 1.82) is 0 Å². The minimum Gasteiger partial charge on any atom is -0.346 e. The van der Waals surface area contributed by atoms with Crippen LogP contribution in [-0.4, -0.2) is 22.6 Å². The van der Waals surface area contributed by atoms with Gasteiger partial charge in [0, 0.05) is 18.3 Å². The molecule has 1 saturated heterocycles. The van der Waals surface area contributed by atoms with E-state index >= 15 is 0 Å². The van der Waals surface area contributed by atoms with Gasteiger partial charge in [-0.05, 0) is 62.5 Å². The molecular formula is C18H28N2S. The second-order valence-corrected chi connectivity index (χ2v) is 6.51. The largest absolute Gasteiger partial charge is 0.346 e. The molecule has 1 aromatic rings. The van der Waals surface area contributed by atoms with Gasteiger partial charge in [-0.15, -0.1) is 0 Å². The van der Waals surface area contributed by atoms with Crippen molar-refractivity contribution >= 4 is 23.0 Å². The molecule has 1 aliphatic heterocycles. The van der Waals surface area contributed by atoms with E-state index in [-0.39, 0.29) is 0 Å². The summed E-state index contributed by atoms with van der Waals surface area (Å²) >= 11 is 5.61. The molecule has 1 unspecified atom stereocenters. The van der Waals surface area contributed by atoms with Crippen LogP contribution in [-0.2, 0) is 6.42 Å². The second-order valence-electron chi connectivity index (χ2n) is 6.12. The van der Waals surface area contributed by atoms with Crippen LogP contribution in [0.5, 0.6) is 0 Å². The molecule has 0 aromatic heterocycles. The quantitative estimate of drug-likeness (QED) is 0.789. The van der Waals surface area contributed by atoms with Crippen molar-refractivity contribution in [2.75, 3.05) is 11.9 Å². The molecule has 0 saturated carbocycles. The third-order valence-corrected chi connectivity index (χ3v) is 4.67. The first-order valence-corrected chi connectivity index (χ1v) is 8.78. The Morgan fingerprint density at radius 1 is 1.24 bits per heavy atom. The van der Waals surface area contributed by atoms with E-state index in [0.717, 1.165) is 17.3 Å². The Bertz CT molecular complexity index is 441. The van der Waals surface area contributed by atoms with Gasteiger partial charge in [0.05, 0.1) is 0 Å². The van der Waals surface area contributed by atoms with E-state index in [0.29, 0.717) is 6.04 Å². The third-order valence-electron chi connectivity index (χ3n) is 4.34. The molecular weight excluding hydrogens is 276 g/mol. The highest BCUT2D eigenvalue weighted by atomic mass is 32.1. The van der Waals surface area contributed by atoms with Crippen LogP contribution in [0.3, 0.4) is 0 Å². The summed E-state index contributed by atoms with van der Waals surface area (Å²) in [5.74, 6) is 0. The van der Waals surface area contributed by atoms with Crippen LogP contribution >= 0.6 is 12.2 Å². The summed E-state index contributed by atoms with van der Waals surface area (Å²) in [7, 11) is 0. The summed E-state index contributed by atoms with van der Waals surface area (Å²) in [5, 5.41) is 4.29. The van der Waals surface area contributed by atoms with E-state index in [9.17, 15) is 0 Å². The summed E-state index contributed by atoms with van der Waals surface area (Å²) in [4.78, 5) is 2.35. The standard InChI is InChI=1S/C18H28N2S/c1-3-4-9-16-10-12-17(13-11-16)19-18(21)20-14-7-5-6-8-15(20)2/h10-13,15H,3-9,14H2,1-2H3,(H,19,21). The van der Waals surface area contributed by atoms with Gasteiger partial charge in [0.1, 0.15) is 0 Å². The van der Waals surface area contributed by atoms with E-state index < -0.39 is 0 Å². The molecule has 1 N–H and O–H groups in total. The summed E-state index contributed by atoms with van der Waals surface area (Å²) in [6.07, 6.45) is 8.83. The fourth-order valence-electron chi connectivity index (χ4n) is 2.91. The Labute approximate surface area is 134 Å². The molecule has 1 atom stereocenters. The van der Waals surface area contributed by atoms with Crippen molar-refractivity contribution < 1.29 is 0 Å². The minimum absolute atomic E-state index is 0.552. The van der Waals surface area contributed by atoms with Gasteiger partial charge in [-0.1, -0.05) is 38.3 Å². The second kappa shape index (κ2) is 8.38. The summed E-state index contributed by atoms with van der Waals surface area (Å²) in [6, 6.07) is 9.29. The first kappa shape index (κ1) is 16.3. The highest BCUT2D eigenvalue weighted by molar-refractivity contribution is 7.80. The fourth-order valence-corrected chi connectivity index (χ4v) is 3.30. The van der Waals surface area contributed by atoms with Crippen molar-refractivity contribution in [2.24, 2.45) is 0 Å². The van der Waals surface area contributed by atoms with Crippen molar-refractivity contribution in [3.63, 3.8) is 0 Å². The number of anilines is 1. The smallest absolute Gasteiger partial charge is 0.173 e. The number of nitrogens with one attached hydrogen (secondary N) is 1. The molecule has 0 radical (unpaired) electrons. The summed E-state index contributed by atoms with van der Waals surface area (Å²) in [5.41, 5.74) is 2.52. The number of unbranched alkanes of at least 4 members (excludes halogenated alkanes) is 1. The molecule has 1 heterocycles. The molecule has 1 aromatic carbocycles. The van der Waals surface area contributed by atoms with Crippen LogP contribution in [0.1, 0.15) is 57.9 Å². The van der Waals surface area contributed by atoms with Crippen LogP contribution in [0, 0.1) is 0 Å². The lowest BCUT2D eigenvalue weighted by molar-refractivity contribution is 0.341. The summed E-state index contributed by atoms with van der Waals surface area (Å²) < 4.78 is 0. The molecule has 2 nitrogen and oxygen atoms in total. The number of rotatable bonds is 4. The molecule has 21 heavy (non-hydrogen) atoms. The number of likely N-dealkylation sites (tertiary alicyclic amines) is 1. The van der Waals surface area contributed by atoms with Gasteiger partial charge in [-0.25, -0.2) is 0 Å². The van der Waals surface area contributed by atoms with Crippen LogP contribution in [0.2, 0.25) is 0 Å². The molecule has 2 rings (SSSR count). The summed E-state index contributed by atoms with van der Waals surface area (Å²) in [6.45, 7) is 5.60. The Balaban J connectivity index is 1.92.